The predicted octanol–water partition coefficient (Wildman–Crippen LogP) is 6.29. The molecular weight excluding hydrogens is 1460 g/mol. The van der Waals surface area contributed by atoms with Crippen LogP contribution in [0.1, 0.15) is 106 Å². The number of aliphatic hydroxyl groups is 4. The minimum absolute atomic E-state index is 0.0718. The zero-order chi connectivity index (χ0) is 77.3. The molecule has 1 unspecified atom stereocenters. The second-order valence-electron chi connectivity index (χ2n) is 26.4. The third kappa shape index (κ3) is 18.9. The van der Waals surface area contributed by atoms with Crippen LogP contribution in [-0.2, 0) is 60.8 Å². The first-order valence-corrected chi connectivity index (χ1v) is 37.7. The van der Waals surface area contributed by atoms with E-state index in [1.807, 2.05) is 6.92 Å². The van der Waals surface area contributed by atoms with E-state index in [1.54, 1.807) is 58.8 Å². The number of methoxy groups -OCH3 is 2. The van der Waals surface area contributed by atoms with Crippen LogP contribution >= 0.6 is 0 Å². The van der Waals surface area contributed by atoms with Crippen LogP contribution in [0.4, 0.5) is 11.4 Å². The van der Waals surface area contributed by atoms with Crippen molar-refractivity contribution in [2.75, 3.05) is 66.0 Å². The van der Waals surface area contributed by atoms with Crippen molar-refractivity contribution in [3.05, 3.63) is 190 Å². The second-order valence-corrected chi connectivity index (χ2v) is 29.7. The van der Waals surface area contributed by atoms with E-state index in [-0.39, 0.29) is 163 Å². The van der Waals surface area contributed by atoms with Crippen molar-refractivity contribution in [2.45, 2.75) is 113 Å². The molecule has 3 saturated heterocycles. The van der Waals surface area contributed by atoms with Crippen LogP contribution in [0.3, 0.4) is 0 Å². The monoisotopic (exact) mass is 1540 g/mol. The highest BCUT2D eigenvalue weighted by Crippen LogP contribution is 2.42. The molecule has 3 fully saturated rings. The third-order valence-corrected chi connectivity index (χ3v) is 20.9. The number of ketones is 2. The highest BCUT2D eigenvalue weighted by Gasteiger charge is 2.45. The van der Waals surface area contributed by atoms with Crippen molar-refractivity contribution < 1.29 is 107 Å². The van der Waals surface area contributed by atoms with Gasteiger partial charge in [-0.1, -0.05) is 59.3 Å². The molecule has 0 saturated carbocycles. The van der Waals surface area contributed by atoms with Crippen molar-refractivity contribution in [3.8, 4) is 40.2 Å². The number of aliphatic hydroxyl groups excluding tert-OH is 4. The molecule has 33 heteroatoms. The fourth-order valence-corrected chi connectivity index (χ4v) is 14.6. The number of hydrogen-bond donors (Lipinski definition) is 5. The molecule has 1 aromatic heterocycles. The molecule has 0 bridgehead atoms. The molecule has 0 aliphatic carbocycles. The van der Waals surface area contributed by atoms with Crippen molar-refractivity contribution in [3.63, 3.8) is 0 Å². The van der Waals surface area contributed by atoms with Crippen LogP contribution in [0.2, 0.25) is 0 Å². The smallest absolute Gasteiger partial charge is 0.493 e. The van der Waals surface area contributed by atoms with Crippen LogP contribution in [0.15, 0.2) is 155 Å². The first-order chi connectivity index (χ1) is 52.3. The Kier molecular flexibility index (Phi) is 24.4. The van der Waals surface area contributed by atoms with Gasteiger partial charge in [-0.2, -0.15) is 0 Å². The number of nitrogens with zero attached hydrogens (tertiary/aromatic N) is 7. The molecule has 5 N–H and O–H groups in total. The standard InChI is InChI=1S/C76H80N8O23S2/c1-44-8-15-56(16-9-44)108(94,95)24-18-62(87)49-10-12-50(13-11-49)73(91)77-19-22-101-43-52-39-82(81-80-52)20-23-100-21-6-7-61(86)51-14-17-63(104-76-72(90)71(89)70(88)69(40-85)105-76)68(30-51)107-109(96,97)106-55-28-47(41-102-66-33-59-57(31-64(66)98-4)74(92)83-37-45(2)25-53(83)35-78-59)27-48(29-55)42-103-67-34-60-58(32-65(67)99-5)75(93)84-38-46(3)26-54(84)36-79-60/h8-17,27-36,39,53-54,69-72,76,85,88-90H,2-3,6-7,18-26,37-38,40-43H2,1,4-5H3,(H,77,91)/t53-,54-,69+,70-,71-,72+,76?/m0/s1. The number of ether oxygens (including phenoxy) is 8. The van der Waals surface area contributed by atoms with Crippen molar-refractivity contribution in [1.82, 2.24) is 30.1 Å². The average Bonchev–Trinajstić information content (AvgIpc) is 1.74. The number of hydrogen-bond acceptors (Lipinski definition) is 27. The van der Waals surface area contributed by atoms with Gasteiger partial charge in [-0.15, -0.1) is 13.5 Å². The zero-order valence-electron chi connectivity index (χ0n) is 59.6. The maximum Gasteiger partial charge on any atom is 0.501 e. The van der Waals surface area contributed by atoms with Crippen LogP contribution in [0.5, 0.6) is 40.2 Å². The summed E-state index contributed by atoms with van der Waals surface area (Å²) in [5, 5.41) is 53.0. The summed E-state index contributed by atoms with van der Waals surface area (Å²) in [5.41, 5.74) is 5.48. The van der Waals surface area contributed by atoms with Crippen molar-refractivity contribution >= 4 is 73.3 Å². The van der Waals surface area contributed by atoms with Crippen LogP contribution < -0.4 is 37.4 Å². The number of nitrogens with one attached hydrogen (secondary N) is 1. The minimum atomic E-state index is -5.30. The molecule has 3 amide bonds. The van der Waals surface area contributed by atoms with Crippen LogP contribution in [0.25, 0.3) is 0 Å². The molecule has 574 valence electrons. The van der Waals surface area contributed by atoms with E-state index in [0.29, 0.717) is 59.7 Å². The summed E-state index contributed by atoms with van der Waals surface area (Å²) < 4.78 is 114. The number of carbonyl (C=O) groups excluding carboxylic acids is 5. The number of amides is 3. The first kappa shape index (κ1) is 77.9. The molecule has 6 aromatic carbocycles. The van der Waals surface area contributed by atoms with Gasteiger partial charge >= 0.3 is 10.4 Å². The molecule has 6 heterocycles. The summed E-state index contributed by atoms with van der Waals surface area (Å²) in [6.07, 6.45) is -2.92. The molecular formula is C76H80N8O23S2. The summed E-state index contributed by atoms with van der Waals surface area (Å²) in [6, 6.07) is 25.7. The Morgan fingerprint density at radius 3 is 1.83 bits per heavy atom. The van der Waals surface area contributed by atoms with Gasteiger partial charge in [0.2, 0.25) is 6.29 Å². The highest BCUT2D eigenvalue weighted by molar-refractivity contribution is 7.91. The number of fused-ring (bicyclic) bond motifs is 4. The quantitative estimate of drug-likeness (QED) is 0.0168. The molecule has 7 aromatic rings. The predicted molar refractivity (Wildman–Crippen MR) is 391 cm³/mol. The van der Waals surface area contributed by atoms with E-state index in [9.17, 15) is 61.2 Å². The molecule has 0 spiro atoms. The third-order valence-electron chi connectivity index (χ3n) is 18.4. The van der Waals surface area contributed by atoms with Gasteiger partial charge in [0, 0.05) is 80.3 Å². The fourth-order valence-electron chi connectivity index (χ4n) is 12.7. The number of aryl methyl sites for hydroxylation is 1. The average molecular weight is 1540 g/mol. The first-order valence-electron chi connectivity index (χ1n) is 34.7. The summed E-state index contributed by atoms with van der Waals surface area (Å²) in [4.78, 5) is 79.9. The van der Waals surface area contributed by atoms with E-state index in [4.69, 9.17) is 46.3 Å². The maximum absolute atomic E-state index is 14.4. The van der Waals surface area contributed by atoms with Crippen molar-refractivity contribution in [2.24, 2.45) is 9.98 Å². The lowest BCUT2D eigenvalue weighted by atomic mass is 9.99. The Balaban J connectivity index is 0.679. The lowest BCUT2D eigenvalue weighted by molar-refractivity contribution is -0.277. The van der Waals surface area contributed by atoms with E-state index >= 15 is 0 Å². The Morgan fingerprint density at radius 2 is 1.23 bits per heavy atom. The normalized spacial score (nSPS) is 19.5. The van der Waals surface area contributed by atoms with Gasteiger partial charge < -0.3 is 81.8 Å². The van der Waals surface area contributed by atoms with E-state index in [1.165, 1.54) is 85.6 Å². The summed E-state index contributed by atoms with van der Waals surface area (Å²) in [6.45, 7) is 10.2. The topological polar surface area (TPSA) is 401 Å². The molecule has 0 radical (unpaired) electrons. The number of rotatable bonds is 34. The number of sulfone groups is 1. The van der Waals surface area contributed by atoms with Crippen molar-refractivity contribution in [1.29, 1.82) is 0 Å². The van der Waals surface area contributed by atoms with Crippen LogP contribution in [-0.4, -0.2) is 213 Å². The van der Waals surface area contributed by atoms with E-state index in [0.717, 1.165) is 28.8 Å². The number of aliphatic imine (C=N–C) groups is 2. The molecule has 7 atom stereocenters. The fraction of sp³-hybridized carbons (Fsp3) is 0.355. The molecule has 5 aliphatic rings. The molecule has 5 aliphatic heterocycles. The van der Waals surface area contributed by atoms with E-state index < -0.39 is 80.7 Å². The Morgan fingerprint density at radius 1 is 0.633 bits per heavy atom. The Bertz CT molecular complexity index is 4780. The summed E-state index contributed by atoms with van der Waals surface area (Å²) in [7, 11) is -6.15. The van der Waals surface area contributed by atoms with Gasteiger partial charge in [-0.25, -0.2) is 13.1 Å². The zero-order valence-corrected chi connectivity index (χ0v) is 61.2. The van der Waals surface area contributed by atoms with E-state index in [2.05, 4.69) is 38.8 Å². The minimum Gasteiger partial charge on any atom is -0.493 e. The van der Waals surface area contributed by atoms with Gasteiger partial charge in [-0.3, -0.25) is 34.0 Å². The molecule has 31 nitrogen and oxygen atoms in total. The Labute approximate surface area is 627 Å². The molecule has 109 heavy (non-hydrogen) atoms. The SMILES string of the molecule is C=C1C[C@H]2C=Nc3cc(OCc4cc(COc5cc6c(cc5OC)C(=O)N5CC(=C)C[C@H]5C=N6)cc(OS(=O)(=O)Oc5cc(C(=O)CCCOCCn6cc(COCCNC(=O)c7ccc(C(=O)CCS(=O)(=O)c8ccc(C)cc8)cc7)nn6)ccc5OC5O[C@H](CO)[C@H](O)[C@H](O)[C@H]5O)c4)c(OC)cc3C(=O)N2C1. The largest absolute Gasteiger partial charge is 0.501 e. The van der Waals surface area contributed by atoms with Gasteiger partial charge in [0.25, 0.3) is 17.7 Å². The van der Waals surface area contributed by atoms with Gasteiger partial charge in [-0.05, 0) is 110 Å². The summed E-state index contributed by atoms with van der Waals surface area (Å²) in [5.74, 6) is -2.90. The van der Waals surface area contributed by atoms with Gasteiger partial charge in [0.05, 0.1) is 98.6 Å². The number of Topliss-reactive ketones (excluding diaryl/α,β-unsaturated/α-hetero) is 2. The lowest BCUT2D eigenvalue weighted by Gasteiger charge is -2.39. The lowest BCUT2D eigenvalue weighted by Crippen LogP contribution is -2.60. The number of aromatic nitrogens is 3. The summed E-state index contributed by atoms with van der Waals surface area (Å²) >= 11 is 0. The molecule has 12 rings (SSSR count). The second kappa shape index (κ2) is 34.2. The van der Waals surface area contributed by atoms with Crippen LogP contribution in [0, 0.1) is 6.92 Å². The highest BCUT2D eigenvalue weighted by atomic mass is 32.3. The number of benzene rings is 6. The van der Waals surface area contributed by atoms with Gasteiger partial charge in [0.1, 0.15) is 49.1 Å². The maximum atomic E-state index is 14.4. The Hall–Kier alpha value is -10.8. The van der Waals surface area contributed by atoms with Gasteiger partial charge in [0.15, 0.2) is 55.9 Å². The number of carbonyl (C=O) groups is 5.